The first-order valence-corrected chi connectivity index (χ1v) is 9.90. The van der Waals surface area contributed by atoms with Crippen molar-refractivity contribution in [3.05, 3.63) is 65.6 Å². The summed E-state index contributed by atoms with van der Waals surface area (Å²) in [5.41, 5.74) is 4.69. The van der Waals surface area contributed by atoms with Crippen molar-refractivity contribution in [2.75, 3.05) is 7.11 Å². The Morgan fingerprint density at radius 1 is 1.17 bits per heavy atom. The molecule has 0 saturated heterocycles. The summed E-state index contributed by atoms with van der Waals surface area (Å²) in [4.78, 5) is 0. The molecule has 2 aromatic carbocycles. The van der Waals surface area contributed by atoms with Crippen molar-refractivity contribution in [1.82, 2.24) is 19.6 Å². The maximum Gasteiger partial charge on any atom is 0.137 e. The van der Waals surface area contributed by atoms with Gasteiger partial charge in [-0.2, -0.15) is 15.5 Å². The number of methoxy groups -OCH3 is 1. The SMILES string of the molecule is COc1cc2c(cc1C#N)CCC[C@@H]2Oc1ccc2cnn(-c3cnn(C)c3)c2c1. The van der Waals surface area contributed by atoms with Crippen molar-refractivity contribution in [3.63, 3.8) is 0 Å². The van der Waals surface area contributed by atoms with Crippen LogP contribution >= 0.6 is 0 Å². The molecule has 0 aliphatic heterocycles. The van der Waals surface area contributed by atoms with Crippen LogP contribution in [-0.2, 0) is 13.5 Å². The zero-order valence-electron chi connectivity index (χ0n) is 16.9. The van der Waals surface area contributed by atoms with Crippen LogP contribution in [0.5, 0.6) is 11.5 Å². The molecule has 0 unspecified atom stereocenters. The lowest BCUT2D eigenvalue weighted by molar-refractivity contribution is 0.183. The molecule has 0 radical (unpaired) electrons. The molecule has 1 atom stereocenters. The van der Waals surface area contributed by atoms with E-state index in [1.165, 1.54) is 0 Å². The minimum atomic E-state index is -0.0809. The van der Waals surface area contributed by atoms with Crippen LogP contribution in [0.1, 0.15) is 35.6 Å². The molecule has 0 spiro atoms. The van der Waals surface area contributed by atoms with Gasteiger partial charge in [-0.15, -0.1) is 0 Å². The molecular formula is C23H21N5O2. The minimum Gasteiger partial charge on any atom is -0.495 e. The first-order valence-electron chi connectivity index (χ1n) is 9.90. The monoisotopic (exact) mass is 399 g/mol. The molecule has 0 amide bonds. The Bertz CT molecular complexity index is 1280. The minimum absolute atomic E-state index is 0.0809. The van der Waals surface area contributed by atoms with Gasteiger partial charge in [0, 0.05) is 18.5 Å². The summed E-state index contributed by atoms with van der Waals surface area (Å²) in [7, 11) is 3.48. The normalized spacial score (nSPS) is 15.6. The third-order valence-corrected chi connectivity index (χ3v) is 5.60. The fourth-order valence-electron chi connectivity index (χ4n) is 4.13. The fraction of sp³-hybridized carbons (Fsp3) is 0.261. The van der Waals surface area contributed by atoms with E-state index in [4.69, 9.17) is 9.47 Å². The van der Waals surface area contributed by atoms with Gasteiger partial charge in [0.15, 0.2) is 0 Å². The second-order valence-electron chi connectivity index (χ2n) is 7.51. The zero-order valence-corrected chi connectivity index (χ0v) is 16.9. The standard InChI is InChI=1S/C23H21N5O2/c1-27-14-18(13-25-27)28-21-9-19(7-6-16(21)12-26-28)30-22-5-3-4-15-8-17(11-24)23(29-2)10-20(15)22/h6-10,12-14,22H,3-5H2,1-2H3/t22-/m0/s1. The van der Waals surface area contributed by atoms with Crippen LogP contribution in [0.3, 0.4) is 0 Å². The Morgan fingerprint density at radius 3 is 2.83 bits per heavy atom. The van der Waals surface area contributed by atoms with Crippen molar-refractivity contribution in [3.8, 4) is 23.3 Å². The number of benzene rings is 2. The van der Waals surface area contributed by atoms with Crippen LogP contribution in [0, 0.1) is 11.3 Å². The lowest BCUT2D eigenvalue weighted by Gasteiger charge is -2.27. The van der Waals surface area contributed by atoms with Crippen molar-refractivity contribution in [2.45, 2.75) is 25.4 Å². The van der Waals surface area contributed by atoms with Crippen LogP contribution in [0.25, 0.3) is 16.6 Å². The molecule has 4 aromatic rings. The van der Waals surface area contributed by atoms with E-state index in [0.29, 0.717) is 11.3 Å². The smallest absolute Gasteiger partial charge is 0.137 e. The van der Waals surface area contributed by atoms with Crippen molar-refractivity contribution < 1.29 is 9.47 Å². The molecule has 1 aliphatic carbocycles. The van der Waals surface area contributed by atoms with Crippen molar-refractivity contribution in [2.24, 2.45) is 7.05 Å². The van der Waals surface area contributed by atoms with Gasteiger partial charge < -0.3 is 9.47 Å². The van der Waals surface area contributed by atoms with E-state index < -0.39 is 0 Å². The summed E-state index contributed by atoms with van der Waals surface area (Å²) in [6, 6.07) is 12.1. The van der Waals surface area contributed by atoms with E-state index in [0.717, 1.165) is 52.7 Å². The van der Waals surface area contributed by atoms with Crippen molar-refractivity contribution >= 4 is 10.9 Å². The van der Waals surface area contributed by atoms with E-state index in [1.807, 2.05) is 54.5 Å². The average molecular weight is 399 g/mol. The molecule has 2 aromatic heterocycles. The third-order valence-electron chi connectivity index (χ3n) is 5.60. The Labute approximate surface area is 174 Å². The number of nitrogens with zero attached hydrogens (tertiary/aromatic N) is 5. The molecule has 30 heavy (non-hydrogen) atoms. The number of aryl methyl sites for hydroxylation is 2. The number of fused-ring (bicyclic) bond motifs is 2. The van der Waals surface area contributed by atoms with Gasteiger partial charge in [-0.05, 0) is 54.7 Å². The van der Waals surface area contributed by atoms with Gasteiger partial charge >= 0.3 is 0 Å². The third kappa shape index (κ3) is 3.07. The lowest BCUT2D eigenvalue weighted by atomic mass is 9.88. The van der Waals surface area contributed by atoms with Crippen LogP contribution in [-0.4, -0.2) is 26.7 Å². The second-order valence-corrected chi connectivity index (χ2v) is 7.51. The van der Waals surface area contributed by atoms with Gasteiger partial charge in [-0.3, -0.25) is 4.68 Å². The molecule has 0 bridgehead atoms. The number of rotatable bonds is 4. The van der Waals surface area contributed by atoms with Crippen LogP contribution < -0.4 is 9.47 Å². The molecule has 2 heterocycles. The molecule has 0 saturated carbocycles. The highest BCUT2D eigenvalue weighted by atomic mass is 16.5. The molecule has 150 valence electrons. The summed E-state index contributed by atoms with van der Waals surface area (Å²) in [6.45, 7) is 0. The van der Waals surface area contributed by atoms with E-state index in [9.17, 15) is 5.26 Å². The van der Waals surface area contributed by atoms with Gasteiger partial charge in [-0.25, -0.2) is 4.68 Å². The first kappa shape index (κ1) is 18.3. The summed E-state index contributed by atoms with van der Waals surface area (Å²) in [5.74, 6) is 1.38. The van der Waals surface area contributed by atoms with Gasteiger partial charge in [0.1, 0.15) is 29.4 Å². The predicted octanol–water partition coefficient (Wildman–Crippen LogP) is 4.10. The van der Waals surface area contributed by atoms with Crippen LogP contribution in [0.4, 0.5) is 0 Å². The molecule has 7 heteroatoms. The molecule has 0 fully saturated rings. The summed E-state index contributed by atoms with van der Waals surface area (Å²) < 4.78 is 15.5. The zero-order chi connectivity index (χ0) is 20.7. The van der Waals surface area contributed by atoms with Gasteiger partial charge in [0.25, 0.3) is 0 Å². The molecular weight excluding hydrogens is 378 g/mol. The molecule has 5 rings (SSSR count). The average Bonchev–Trinajstić information content (AvgIpc) is 3.38. The maximum atomic E-state index is 9.38. The Balaban J connectivity index is 1.50. The second kappa shape index (κ2) is 7.23. The highest BCUT2D eigenvalue weighted by Gasteiger charge is 2.24. The highest BCUT2D eigenvalue weighted by Crippen LogP contribution is 2.38. The number of nitriles is 1. The maximum absolute atomic E-state index is 9.38. The summed E-state index contributed by atoms with van der Waals surface area (Å²) in [5, 5.41) is 19.2. The topological polar surface area (TPSA) is 77.9 Å². The fourth-order valence-corrected chi connectivity index (χ4v) is 4.13. The molecule has 0 N–H and O–H groups in total. The number of hydrogen-bond acceptors (Lipinski definition) is 5. The molecule has 1 aliphatic rings. The Kier molecular flexibility index (Phi) is 4.40. The largest absolute Gasteiger partial charge is 0.495 e. The first-order chi connectivity index (χ1) is 14.7. The number of aromatic nitrogens is 4. The molecule has 7 nitrogen and oxygen atoms in total. The van der Waals surface area contributed by atoms with Crippen LogP contribution in [0.15, 0.2) is 48.9 Å². The Hall–Kier alpha value is -3.79. The van der Waals surface area contributed by atoms with Crippen molar-refractivity contribution in [1.29, 1.82) is 5.26 Å². The van der Waals surface area contributed by atoms with Gasteiger partial charge in [-0.1, -0.05) is 0 Å². The van der Waals surface area contributed by atoms with Gasteiger partial charge in [0.2, 0.25) is 0 Å². The quantitative estimate of drug-likeness (QED) is 0.516. The summed E-state index contributed by atoms with van der Waals surface area (Å²) >= 11 is 0. The predicted molar refractivity (Wildman–Crippen MR) is 112 cm³/mol. The Morgan fingerprint density at radius 2 is 2.07 bits per heavy atom. The van der Waals surface area contributed by atoms with E-state index in [2.05, 4.69) is 16.3 Å². The number of hydrogen-bond donors (Lipinski definition) is 0. The van der Waals surface area contributed by atoms with E-state index in [1.54, 1.807) is 18.0 Å². The summed E-state index contributed by atoms with van der Waals surface area (Å²) in [6.07, 6.45) is 8.36. The van der Waals surface area contributed by atoms with E-state index in [-0.39, 0.29) is 6.10 Å². The lowest BCUT2D eigenvalue weighted by Crippen LogP contribution is -2.16. The van der Waals surface area contributed by atoms with Crippen LogP contribution in [0.2, 0.25) is 0 Å². The van der Waals surface area contributed by atoms with E-state index >= 15 is 0 Å². The number of ether oxygens (including phenoxy) is 2. The van der Waals surface area contributed by atoms with Gasteiger partial charge in [0.05, 0.1) is 36.8 Å². The highest BCUT2D eigenvalue weighted by molar-refractivity contribution is 5.81.